The Bertz CT molecular complexity index is 737. The van der Waals surface area contributed by atoms with Crippen molar-refractivity contribution in [3.05, 3.63) is 50.9 Å². The minimum atomic E-state index is 0.577. The summed E-state index contributed by atoms with van der Waals surface area (Å²) in [6.07, 6.45) is 0. The maximum Gasteiger partial charge on any atom is 0.188 e. The van der Waals surface area contributed by atoms with Crippen molar-refractivity contribution in [1.82, 2.24) is 4.98 Å². The van der Waals surface area contributed by atoms with E-state index in [0.29, 0.717) is 15.7 Å². The van der Waals surface area contributed by atoms with Crippen LogP contribution < -0.4 is 5.32 Å². The van der Waals surface area contributed by atoms with E-state index < -0.39 is 0 Å². The molecule has 0 unspecified atom stereocenters. The van der Waals surface area contributed by atoms with Crippen LogP contribution in [0.1, 0.15) is 0 Å². The van der Waals surface area contributed by atoms with Gasteiger partial charge in [0, 0.05) is 4.47 Å². The molecule has 2 nitrogen and oxygen atoms in total. The molecule has 0 spiro atoms. The number of thiazole rings is 1. The molecule has 1 N–H and O–H groups in total. The molecule has 0 aliphatic carbocycles. The summed E-state index contributed by atoms with van der Waals surface area (Å²) in [5.41, 5.74) is 1.63. The number of anilines is 2. The standard InChI is InChI=1S/C13H7BrCl2N2S/c14-7-4-5-10-11(6-7)19-13(17-10)18-12-8(15)2-1-3-9(12)16/h1-6H,(H,17,18). The van der Waals surface area contributed by atoms with Gasteiger partial charge in [0.1, 0.15) is 0 Å². The van der Waals surface area contributed by atoms with E-state index in [-0.39, 0.29) is 0 Å². The second-order valence-corrected chi connectivity index (χ2v) is 6.61. The van der Waals surface area contributed by atoms with Crippen LogP contribution in [0.3, 0.4) is 0 Å². The smallest absolute Gasteiger partial charge is 0.188 e. The van der Waals surface area contributed by atoms with Crippen LogP contribution in [0.2, 0.25) is 10.0 Å². The van der Waals surface area contributed by atoms with E-state index in [1.54, 1.807) is 23.5 Å². The highest BCUT2D eigenvalue weighted by Crippen LogP contribution is 2.35. The summed E-state index contributed by atoms with van der Waals surface area (Å²) in [6.45, 7) is 0. The summed E-state index contributed by atoms with van der Waals surface area (Å²) in [4.78, 5) is 4.50. The lowest BCUT2D eigenvalue weighted by Crippen LogP contribution is -1.91. The Morgan fingerprint density at radius 3 is 2.58 bits per heavy atom. The lowest BCUT2D eigenvalue weighted by atomic mass is 10.3. The summed E-state index contributed by atoms with van der Waals surface area (Å²) < 4.78 is 2.13. The molecule has 0 atom stereocenters. The Labute approximate surface area is 132 Å². The van der Waals surface area contributed by atoms with Crippen LogP contribution in [0.15, 0.2) is 40.9 Å². The number of hydrogen-bond acceptors (Lipinski definition) is 3. The van der Waals surface area contributed by atoms with E-state index in [1.165, 1.54) is 0 Å². The fraction of sp³-hybridized carbons (Fsp3) is 0. The van der Waals surface area contributed by atoms with Crippen molar-refractivity contribution >= 4 is 71.5 Å². The van der Waals surface area contributed by atoms with Crippen LogP contribution in [0.25, 0.3) is 10.2 Å². The molecule has 0 aliphatic rings. The summed E-state index contributed by atoms with van der Waals surface area (Å²) in [5, 5.41) is 5.10. The zero-order valence-electron chi connectivity index (χ0n) is 9.45. The van der Waals surface area contributed by atoms with Crippen LogP contribution >= 0.6 is 50.5 Å². The van der Waals surface area contributed by atoms with Crippen LogP contribution in [0.5, 0.6) is 0 Å². The van der Waals surface area contributed by atoms with Crippen molar-refractivity contribution in [3.63, 3.8) is 0 Å². The van der Waals surface area contributed by atoms with Gasteiger partial charge in [-0.25, -0.2) is 4.98 Å². The molecule has 6 heteroatoms. The Morgan fingerprint density at radius 2 is 1.84 bits per heavy atom. The molecule has 0 fully saturated rings. The minimum Gasteiger partial charge on any atom is -0.329 e. The molecule has 0 bridgehead atoms. The van der Waals surface area contributed by atoms with Crippen molar-refractivity contribution in [2.75, 3.05) is 5.32 Å². The van der Waals surface area contributed by atoms with Gasteiger partial charge in [-0.05, 0) is 30.3 Å². The van der Waals surface area contributed by atoms with Gasteiger partial charge in [0.2, 0.25) is 0 Å². The molecular formula is C13H7BrCl2N2S. The van der Waals surface area contributed by atoms with Crippen molar-refractivity contribution in [2.24, 2.45) is 0 Å². The predicted molar refractivity (Wildman–Crippen MR) is 87.1 cm³/mol. The molecule has 0 amide bonds. The van der Waals surface area contributed by atoms with E-state index in [9.17, 15) is 0 Å². The summed E-state index contributed by atoms with van der Waals surface area (Å²) in [6, 6.07) is 11.4. The molecule has 3 rings (SSSR count). The highest BCUT2D eigenvalue weighted by molar-refractivity contribution is 9.10. The molecule has 0 radical (unpaired) electrons. The van der Waals surface area contributed by atoms with E-state index in [4.69, 9.17) is 23.2 Å². The second-order valence-electron chi connectivity index (χ2n) is 3.85. The van der Waals surface area contributed by atoms with Gasteiger partial charge in [-0.1, -0.05) is 56.5 Å². The van der Waals surface area contributed by atoms with E-state index in [2.05, 4.69) is 26.2 Å². The lowest BCUT2D eigenvalue weighted by Gasteiger charge is -2.06. The van der Waals surface area contributed by atoms with Crippen LogP contribution in [-0.2, 0) is 0 Å². The van der Waals surface area contributed by atoms with Crippen molar-refractivity contribution < 1.29 is 0 Å². The van der Waals surface area contributed by atoms with Crippen LogP contribution in [0.4, 0.5) is 10.8 Å². The molecular weight excluding hydrogens is 367 g/mol. The highest BCUT2D eigenvalue weighted by Gasteiger charge is 2.09. The van der Waals surface area contributed by atoms with Crippen molar-refractivity contribution in [3.8, 4) is 0 Å². The number of fused-ring (bicyclic) bond motifs is 1. The highest BCUT2D eigenvalue weighted by atomic mass is 79.9. The van der Waals surface area contributed by atoms with Crippen LogP contribution in [-0.4, -0.2) is 4.98 Å². The quantitative estimate of drug-likeness (QED) is 0.586. The summed E-state index contributed by atoms with van der Waals surface area (Å²) in [5.74, 6) is 0. The number of hydrogen-bond donors (Lipinski definition) is 1. The van der Waals surface area contributed by atoms with Crippen molar-refractivity contribution in [2.45, 2.75) is 0 Å². The Hall–Kier alpha value is -0.810. The largest absolute Gasteiger partial charge is 0.329 e. The minimum absolute atomic E-state index is 0.577. The van der Waals surface area contributed by atoms with Gasteiger partial charge in [-0.15, -0.1) is 0 Å². The number of nitrogens with zero attached hydrogens (tertiary/aromatic N) is 1. The lowest BCUT2D eigenvalue weighted by molar-refractivity contribution is 1.44. The first-order chi connectivity index (χ1) is 9.13. The second kappa shape index (κ2) is 5.29. The number of rotatable bonds is 2. The monoisotopic (exact) mass is 372 g/mol. The molecule has 0 saturated heterocycles. The Balaban J connectivity index is 2.01. The SMILES string of the molecule is Clc1cccc(Cl)c1Nc1nc2ccc(Br)cc2s1. The van der Waals surface area contributed by atoms with Gasteiger partial charge >= 0.3 is 0 Å². The first-order valence-electron chi connectivity index (χ1n) is 5.40. The van der Waals surface area contributed by atoms with Gasteiger partial charge in [-0.2, -0.15) is 0 Å². The van der Waals surface area contributed by atoms with Gasteiger partial charge in [0.15, 0.2) is 5.13 Å². The van der Waals surface area contributed by atoms with Crippen molar-refractivity contribution in [1.29, 1.82) is 0 Å². The first kappa shape index (κ1) is 13.2. The average Bonchev–Trinajstić information content (AvgIpc) is 2.75. The zero-order chi connectivity index (χ0) is 13.4. The number of benzene rings is 2. The van der Waals surface area contributed by atoms with E-state index in [0.717, 1.165) is 19.8 Å². The zero-order valence-corrected chi connectivity index (χ0v) is 13.4. The third-order valence-corrected chi connectivity index (χ3v) is 4.60. The fourth-order valence-corrected chi connectivity index (χ4v) is 3.59. The van der Waals surface area contributed by atoms with Gasteiger partial charge < -0.3 is 5.32 Å². The summed E-state index contributed by atoms with van der Waals surface area (Å²) in [7, 11) is 0. The number of aromatic nitrogens is 1. The normalized spacial score (nSPS) is 10.9. The molecule has 1 aromatic heterocycles. The first-order valence-corrected chi connectivity index (χ1v) is 7.77. The fourth-order valence-electron chi connectivity index (χ4n) is 1.68. The molecule has 1 heterocycles. The molecule has 96 valence electrons. The molecule has 0 saturated carbocycles. The van der Waals surface area contributed by atoms with E-state index in [1.807, 2.05) is 24.3 Å². The Morgan fingerprint density at radius 1 is 1.11 bits per heavy atom. The number of halogens is 3. The molecule has 19 heavy (non-hydrogen) atoms. The van der Waals surface area contributed by atoms with E-state index >= 15 is 0 Å². The number of nitrogens with one attached hydrogen (secondary N) is 1. The predicted octanol–water partition coefficient (Wildman–Crippen LogP) is 6.11. The third kappa shape index (κ3) is 2.72. The van der Waals surface area contributed by atoms with Gasteiger partial charge in [0.25, 0.3) is 0 Å². The average molecular weight is 374 g/mol. The maximum atomic E-state index is 6.13. The van der Waals surface area contributed by atoms with Gasteiger partial charge in [0.05, 0.1) is 25.9 Å². The third-order valence-electron chi connectivity index (χ3n) is 2.55. The topological polar surface area (TPSA) is 24.9 Å². The Kier molecular flexibility index (Phi) is 3.67. The maximum absolute atomic E-state index is 6.13. The molecule has 3 aromatic rings. The van der Waals surface area contributed by atoms with Gasteiger partial charge in [-0.3, -0.25) is 0 Å². The molecule has 0 aliphatic heterocycles. The van der Waals surface area contributed by atoms with Crippen LogP contribution in [0, 0.1) is 0 Å². The number of para-hydroxylation sites is 1. The molecule has 2 aromatic carbocycles. The summed E-state index contributed by atoms with van der Waals surface area (Å²) >= 11 is 17.3.